The van der Waals surface area contributed by atoms with Crippen LogP contribution in [0.25, 0.3) is 0 Å². The number of ether oxygens (including phenoxy) is 1. The molecule has 0 aromatic heterocycles. The molecule has 0 aliphatic carbocycles. The predicted molar refractivity (Wildman–Crippen MR) is 76.5 cm³/mol. The van der Waals surface area contributed by atoms with Crippen molar-refractivity contribution in [3.8, 4) is 5.75 Å². The Bertz CT molecular complexity index is 566. The summed E-state index contributed by atoms with van der Waals surface area (Å²) in [6.45, 7) is 2.31. The summed E-state index contributed by atoms with van der Waals surface area (Å²) < 4.78 is 19.0. The molecule has 0 saturated carbocycles. The van der Waals surface area contributed by atoms with Gasteiger partial charge in [-0.25, -0.2) is 4.39 Å². The summed E-state index contributed by atoms with van der Waals surface area (Å²) in [4.78, 5) is 0. The normalized spacial score (nSPS) is 10.3. The fourth-order valence-electron chi connectivity index (χ4n) is 1.92. The lowest BCUT2D eigenvalue weighted by Gasteiger charge is -2.13. The number of halogens is 2. The summed E-state index contributed by atoms with van der Waals surface area (Å²) >= 11 is 5.96. The van der Waals surface area contributed by atoms with Gasteiger partial charge in [0.25, 0.3) is 0 Å². The number of para-hydroxylation sites is 1. The van der Waals surface area contributed by atoms with Gasteiger partial charge >= 0.3 is 0 Å². The van der Waals surface area contributed by atoms with Gasteiger partial charge in [-0.3, -0.25) is 0 Å². The van der Waals surface area contributed by atoms with Crippen molar-refractivity contribution < 1.29 is 9.13 Å². The third kappa shape index (κ3) is 3.18. The van der Waals surface area contributed by atoms with Gasteiger partial charge in [0.05, 0.1) is 12.8 Å². The van der Waals surface area contributed by atoms with Gasteiger partial charge in [0.15, 0.2) is 0 Å². The number of anilines is 1. The van der Waals surface area contributed by atoms with Crippen LogP contribution in [0.1, 0.15) is 11.1 Å². The highest BCUT2D eigenvalue weighted by Crippen LogP contribution is 2.25. The standard InChI is InChI=1S/C15H15ClFNO/c1-10-4-3-5-13(17)15(10)18-9-11-8-12(16)6-7-14(11)19-2/h3-8,18H,9H2,1-2H3. The van der Waals surface area contributed by atoms with E-state index in [1.54, 1.807) is 25.3 Å². The van der Waals surface area contributed by atoms with E-state index in [4.69, 9.17) is 16.3 Å². The molecule has 0 fully saturated rings. The molecule has 0 bridgehead atoms. The average Bonchev–Trinajstić information content (AvgIpc) is 2.38. The molecule has 0 amide bonds. The number of nitrogens with one attached hydrogen (secondary N) is 1. The fourth-order valence-corrected chi connectivity index (χ4v) is 2.12. The van der Waals surface area contributed by atoms with E-state index in [1.165, 1.54) is 6.07 Å². The Kier molecular flexibility index (Phi) is 4.27. The van der Waals surface area contributed by atoms with Crippen molar-refractivity contribution in [2.45, 2.75) is 13.5 Å². The molecular weight excluding hydrogens is 265 g/mol. The van der Waals surface area contributed by atoms with Crippen LogP contribution in [0.15, 0.2) is 36.4 Å². The van der Waals surface area contributed by atoms with E-state index in [0.717, 1.165) is 16.9 Å². The zero-order chi connectivity index (χ0) is 13.8. The minimum Gasteiger partial charge on any atom is -0.496 e. The van der Waals surface area contributed by atoms with Crippen LogP contribution in [0, 0.1) is 12.7 Å². The minimum absolute atomic E-state index is 0.263. The van der Waals surface area contributed by atoms with Crippen LogP contribution in [0.2, 0.25) is 5.02 Å². The Labute approximate surface area is 117 Å². The summed E-state index contributed by atoms with van der Waals surface area (Å²) in [5.74, 6) is 0.465. The Morgan fingerprint density at radius 1 is 1.26 bits per heavy atom. The van der Waals surface area contributed by atoms with E-state index in [0.29, 0.717) is 17.3 Å². The van der Waals surface area contributed by atoms with Crippen molar-refractivity contribution in [2.75, 3.05) is 12.4 Å². The van der Waals surface area contributed by atoms with Crippen molar-refractivity contribution in [1.29, 1.82) is 0 Å². The molecule has 2 rings (SSSR count). The summed E-state index contributed by atoms with van der Waals surface area (Å²) in [7, 11) is 1.60. The molecule has 0 unspecified atom stereocenters. The smallest absolute Gasteiger partial charge is 0.146 e. The van der Waals surface area contributed by atoms with Crippen LogP contribution >= 0.6 is 11.6 Å². The second-order valence-electron chi connectivity index (χ2n) is 4.24. The van der Waals surface area contributed by atoms with Crippen LogP contribution in [0.3, 0.4) is 0 Å². The number of hydrogen-bond acceptors (Lipinski definition) is 2. The van der Waals surface area contributed by atoms with Crippen molar-refractivity contribution in [2.24, 2.45) is 0 Å². The first kappa shape index (κ1) is 13.7. The average molecular weight is 280 g/mol. The monoisotopic (exact) mass is 279 g/mol. The van der Waals surface area contributed by atoms with E-state index in [2.05, 4.69) is 5.32 Å². The third-order valence-corrected chi connectivity index (χ3v) is 3.16. The Balaban J connectivity index is 2.21. The van der Waals surface area contributed by atoms with Crippen molar-refractivity contribution in [3.63, 3.8) is 0 Å². The van der Waals surface area contributed by atoms with Crippen LogP contribution < -0.4 is 10.1 Å². The van der Waals surface area contributed by atoms with E-state index in [1.807, 2.05) is 19.1 Å². The van der Waals surface area contributed by atoms with Crippen LogP contribution in [-0.2, 0) is 6.54 Å². The Morgan fingerprint density at radius 2 is 2.05 bits per heavy atom. The molecular formula is C15H15ClFNO. The minimum atomic E-state index is -0.263. The topological polar surface area (TPSA) is 21.3 Å². The highest BCUT2D eigenvalue weighted by Gasteiger charge is 2.07. The summed E-state index contributed by atoms with van der Waals surface area (Å²) in [5.41, 5.74) is 2.25. The third-order valence-electron chi connectivity index (χ3n) is 2.92. The van der Waals surface area contributed by atoms with Gasteiger partial charge in [0.2, 0.25) is 0 Å². The highest BCUT2D eigenvalue weighted by molar-refractivity contribution is 6.30. The molecule has 4 heteroatoms. The molecule has 0 aliphatic heterocycles. The van der Waals surface area contributed by atoms with Crippen LogP contribution in [-0.4, -0.2) is 7.11 Å². The second-order valence-corrected chi connectivity index (χ2v) is 4.68. The fraction of sp³-hybridized carbons (Fsp3) is 0.200. The predicted octanol–water partition coefficient (Wildman–Crippen LogP) is 4.41. The van der Waals surface area contributed by atoms with Crippen molar-refractivity contribution in [3.05, 3.63) is 58.4 Å². The lowest BCUT2D eigenvalue weighted by atomic mass is 10.1. The van der Waals surface area contributed by atoms with E-state index in [-0.39, 0.29) is 5.82 Å². The number of hydrogen-bond donors (Lipinski definition) is 1. The van der Waals surface area contributed by atoms with E-state index >= 15 is 0 Å². The number of benzene rings is 2. The SMILES string of the molecule is COc1ccc(Cl)cc1CNc1c(C)cccc1F. The maximum absolute atomic E-state index is 13.7. The van der Waals surface area contributed by atoms with E-state index in [9.17, 15) is 4.39 Å². The number of aryl methyl sites for hydroxylation is 1. The summed E-state index contributed by atoms with van der Waals surface area (Å²) in [6, 6.07) is 10.4. The molecule has 0 radical (unpaired) electrons. The number of methoxy groups -OCH3 is 1. The number of rotatable bonds is 4. The molecule has 2 aromatic rings. The first-order valence-corrected chi connectivity index (χ1v) is 6.31. The maximum atomic E-state index is 13.7. The maximum Gasteiger partial charge on any atom is 0.146 e. The van der Waals surface area contributed by atoms with Gasteiger partial charge in [-0.2, -0.15) is 0 Å². The first-order valence-electron chi connectivity index (χ1n) is 5.93. The lowest BCUT2D eigenvalue weighted by Crippen LogP contribution is -2.04. The van der Waals surface area contributed by atoms with Gasteiger partial charge < -0.3 is 10.1 Å². The van der Waals surface area contributed by atoms with Gasteiger partial charge in [0, 0.05) is 17.1 Å². The zero-order valence-electron chi connectivity index (χ0n) is 10.8. The lowest BCUT2D eigenvalue weighted by molar-refractivity contribution is 0.410. The molecule has 100 valence electrons. The molecule has 2 nitrogen and oxygen atoms in total. The van der Waals surface area contributed by atoms with Crippen LogP contribution in [0.4, 0.5) is 10.1 Å². The van der Waals surface area contributed by atoms with Crippen molar-refractivity contribution in [1.82, 2.24) is 0 Å². The first-order chi connectivity index (χ1) is 9.11. The van der Waals surface area contributed by atoms with Gasteiger partial charge in [0.1, 0.15) is 11.6 Å². The highest BCUT2D eigenvalue weighted by atomic mass is 35.5. The second kappa shape index (κ2) is 5.93. The van der Waals surface area contributed by atoms with Crippen molar-refractivity contribution >= 4 is 17.3 Å². The molecule has 0 atom stereocenters. The van der Waals surface area contributed by atoms with Crippen LogP contribution in [0.5, 0.6) is 5.75 Å². The van der Waals surface area contributed by atoms with Gasteiger partial charge in [-0.15, -0.1) is 0 Å². The zero-order valence-corrected chi connectivity index (χ0v) is 11.6. The van der Waals surface area contributed by atoms with Gasteiger partial charge in [-0.1, -0.05) is 23.7 Å². The molecule has 0 spiro atoms. The molecule has 2 aromatic carbocycles. The molecule has 19 heavy (non-hydrogen) atoms. The van der Waals surface area contributed by atoms with Gasteiger partial charge in [-0.05, 0) is 36.8 Å². The summed E-state index contributed by atoms with van der Waals surface area (Å²) in [6.07, 6.45) is 0. The Hall–Kier alpha value is -1.74. The molecule has 0 heterocycles. The Morgan fingerprint density at radius 3 is 2.74 bits per heavy atom. The summed E-state index contributed by atoms with van der Waals surface area (Å²) in [5, 5.41) is 3.71. The molecule has 0 aliphatic rings. The quantitative estimate of drug-likeness (QED) is 0.895. The van der Waals surface area contributed by atoms with E-state index < -0.39 is 0 Å². The molecule has 1 N–H and O–H groups in total. The largest absolute Gasteiger partial charge is 0.496 e. The molecule has 0 saturated heterocycles.